The molecule has 210 valence electrons. The number of nitrogens with zero attached hydrogens (tertiary/aromatic N) is 5. The van der Waals surface area contributed by atoms with Crippen LogP contribution in [-0.2, 0) is 32.7 Å². The van der Waals surface area contributed by atoms with E-state index in [4.69, 9.17) is 4.74 Å². The van der Waals surface area contributed by atoms with Gasteiger partial charge in [0, 0.05) is 39.0 Å². The normalized spacial score (nSPS) is 20.2. The Morgan fingerprint density at radius 3 is 2.51 bits per heavy atom. The third-order valence-electron chi connectivity index (χ3n) is 7.25. The summed E-state index contributed by atoms with van der Waals surface area (Å²) in [6.07, 6.45) is 2.00. The molecule has 39 heavy (non-hydrogen) atoms. The number of carbonyl (C=O) groups excluding carboxylic acids is 1. The Morgan fingerprint density at radius 1 is 1.13 bits per heavy atom. The number of carbonyl (C=O) groups is 1. The second-order valence-electron chi connectivity index (χ2n) is 10.1. The molecular weight excluding hydrogens is 518 g/mol. The van der Waals surface area contributed by atoms with Gasteiger partial charge in [-0.1, -0.05) is 54.6 Å². The van der Waals surface area contributed by atoms with Crippen molar-refractivity contribution in [3.8, 4) is 11.1 Å². The second kappa shape index (κ2) is 12.8. The number of benzene rings is 2. The minimum absolute atomic E-state index is 0.0659. The highest BCUT2D eigenvalue weighted by atomic mass is 32.2. The first-order valence-corrected chi connectivity index (χ1v) is 14.7. The van der Waals surface area contributed by atoms with Gasteiger partial charge in [0.05, 0.1) is 42.1 Å². The van der Waals surface area contributed by atoms with Crippen LogP contribution in [0, 0.1) is 5.92 Å². The summed E-state index contributed by atoms with van der Waals surface area (Å²) in [6.45, 7) is 4.72. The fourth-order valence-corrected chi connectivity index (χ4v) is 5.91. The molecular formula is C28H37N5O5S. The van der Waals surface area contributed by atoms with Gasteiger partial charge in [-0.05, 0) is 36.6 Å². The van der Waals surface area contributed by atoms with Crippen LogP contribution in [-0.4, -0.2) is 82.5 Å². The van der Waals surface area contributed by atoms with Crippen molar-refractivity contribution in [2.24, 2.45) is 5.92 Å². The van der Waals surface area contributed by atoms with E-state index in [0.29, 0.717) is 25.9 Å². The Morgan fingerprint density at radius 2 is 1.82 bits per heavy atom. The Kier molecular flexibility index (Phi) is 9.49. The van der Waals surface area contributed by atoms with E-state index in [1.807, 2.05) is 37.3 Å². The maximum absolute atomic E-state index is 13.5. The first-order chi connectivity index (χ1) is 18.7. The van der Waals surface area contributed by atoms with Crippen LogP contribution in [0.3, 0.4) is 0 Å². The smallest absolute Gasteiger partial charge is 0.242 e. The van der Waals surface area contributed by atoms with Gasteiger partial charge in [-0.15, -0.1) is 5.10 Å². The van der Waals surface area contributed by atoms with Crippen LogP contribution in [0.25, 0.3) is 11.1 Å². The van der Waals surface area contributed by atoms with Crippen molar-refractivity contribution >= 4 is 15.9 Å². The van der Waals surface area contributed by atoms with E-state index in [1.54, 1.807) is 47.0 Å². The maximum atomic E-state index is 13.5. The van der Waals surface area contributed by atoms with E-state index in [2.05, 4.69) is 10.3 Å². The number of aliphatic hydroxyl groups excluding tert-OH is 1. The summed E-state index contributed by atoms with van der Waals surface area (Å²) in [5, 5.41) is 17.9. The molecule has 10 nitrogen and oxygen atoms in total. The van der Waals surface area contributed by atoms with Crippen molar-refractivity contribution in [2.75, 3.05) is 26.7 Å². The van der Waals surface area contributed by atoms with Crippen LogP contribution in [0.4, 0.5) is 0 Å². The zero-order valence-corrected chi connectivity index (χ0v) is 23.5. The highest BCUT2D eigenvalue weighted by Crippen LogP contribution is 2.24. The summed E-state index contributed by atoms with van der Waals surface area (Å²) in [6, 6.07) is 16.3. The largest absolute Gasteiger partial charge is 0.394 e. The summed E-state index contributed by atoms with van der Waals surface area (Å²) in [7, 11) is -2.26. The van der Waals surface area contributed by atoms with Gasteiger partial charge in [0.1, 0.15) is 0 Å². The van der Waals surface area contributed by atoms with Crippen molar-refractivity contribution in [3.05, 3.63) is 66.5 Å². The molecule has 2 heterocycles. The number of amides is 1. The number of aryl methyl sites for hydroxylation is 1. The number of fused-ring (bicyclic) bond motifs is 1. The molecule has 4 rings (SSSR count). The average Bonchev–Trinajstić information content (AvgIpc) is 3.40. The summed E-state index contributed by atoms with van der Waals surface area (Å²) >= 11 is 0. The van der Waals surface area contributed by atoms with E-state index >= 15 is 0 Å². The van der Waals surface area contributed by atoms with Crippen molar-refractivity contribution in [1.29, 1.82) is 0 Å². The van der Waals surface area contributed by atoms with Crippen LogP contribution in [0.15, 0.2) is 65.7 Å². The molecule has 1 aliphatic rings. The number of likely N-dealkylation sites (N-methyl/N-ethyl adjacent to an activating group) is 1. The van der Waals surface area contributed by atoms with Gasteiger partial charge in [-0.25, -0.2) is 13.1 Å². The molecule has 2 aromatic carbocycles. The quantitative estimate of drug-likeness (QED) is 0.476. The molecule has 1 aliphatic heterocycles. The van der Waals surface area contributed by atoms with Gasteiger partial charge in [0.15, 0.2) is 0 Å². The van der Waals surface area contributed by atoms with Gasteiger partial charge in [-0.2, -0.15) is 4.31 Å². The Bertz CT molecular complexity index is 1330. The van der Waals surface area contributed by atoms with Crippen LogP contribution in [0.5, 0.6) is 0 Å². The van der Waals surface area contributed by atoms with E-state index in [1.165, 1.54) is 11.4 Å². The summed E-state index contributed by atoms with van der Waals surface area (Å²) < 4.78 is 36.3. The van der Waals surface area contributed by atoms with Crippen molar-refractivity contribution in [2.45, 2.75) is 56.9 Å². The fourth-order valence-electron chi connectivity index (χ4n) is 4.73. The first kappa shape index (κ1) is 28.9. The van der Waals surface area contributed by atoms with Gasteiger partial charge in [-0.3, -0.25) is 4.79 Å². The lowest BCUT2D eigenvalue weighted by atomic mass is 10.0. The molecule has 1 N–H and O–H groups in total. The zero-order valence-electron chi connectivity index (χ0n) is 22.7. The minimum Gasteiger partial charge on any atom is -0.394 e. The molecule has 0 spiro atoms. The average molecular weight is 556 g/mol. The molecule has 1 aromatic heterocycles. The molecule has 1 amide bonds. The molecule has 0 saturated carbocycles. The second-order valence-corrected chi connectivity index (χ2v) is 12.2. The third kappa shape index (κ3) is 6.91. The third-order valence-corrected chi connectivity index (χ3v) is 9.08. The van der Waals surface area contributed by atoms with E-state index < -0.39 is 16.1 Å². The summed E-state index contributed by atoms with van der Waals surface area (Å²) in [4.78, 5) is 14.9. The lowest BCUT2D eigenvalue weighted by Gasteiger charge is -2.35. The lowest BCUT2D eigenvalue weighted by molar-refractivity contribution is -0.136. The first-order valence-electron chi connectivity index (χ1n) is 13.2. The van der Waals surface area contributed by atoms with Crippen LogP contribution >= 0.6 is 0 Å². The zero-order chi connectivity index (χ0) is 28.0. The van der Waals surface area contributed by atoms with Crippen LogP contribution in [0.2, 0.25) is 0 Å². The number of hydrogen-bond acceptors (Lipinski definition) is 7. The van der Waals surface area contributed by atoms with Gasteiger partial charge < -0.3 is 14.7 Å². The predicted octanol–water partition coefficient (Wildman–Crippen LogP) is 2.79. The Balaban J connectivity index is 1.56. The standard InChI is InChI=1S/C28H37N5O5S/c1-21-17-32(22(2)19-34)28(35)10-7-15-33-25(16-29-30-33)20-38-27(21)18-31(3)39(36,37)26-13-11-24(12-14-26)23-8-5-4-6-9-23/h4-6,8-9,11-14,16,21-22,27,34H,7,10,15,17-20H2,1-3H3/t21-,22+,27+/m1/s1. The van der Waals surface area contributed by atoms with Crippen LogP contribution in [0.1, 0.15) is 32.4 Å². The topological polar surface area (TPSA) is 118 Å². The van der Waals surface area contributed by atoms with E-state index in [0.717, 1.165) is 16.8 Å². The molecule has 0 aliphatic carbocycles. The molecule has 0 unspecified atom stereocenters. The van der Waals surface area contributed by atoms with Crippen molar-refractivity contribution < 1.29 is 23.1 Å². The monoisotopic (exact) mass is 555 g/mol. The van der Waals surface area contributed by atoms with E-state index in [9.17, 15) is 18.3 Å². The van der Waals surface area contributed by atoms with Crippen molar-refractivity contribution in [1.82, 2.24) is 24.2 Å². The summed E-state index contributed by atoms with van der Waals surface area (Å²) in [5.41, 5.74) is 2.71. The fraction of sp³-hybridized carbons (Fsp3) is 0.464. The van der Waals surface area contributed by atoms with Gasteiger partial charge >= 0.3 is 0 Å². The van der Waals surface area contributed by atoms with Crippen LogP contribution < -0.4 is 0 Å². The number of sulfonamides is 1. The molecule has 0 saturated heterocycles. The minimum atomic E-state index is -3.80. The van der Waals surface area contributed by atoms with Gasteiger partial charge in [0.25, 0.3) is 0 Å². The summed E-state index contributed by atoms with van der Waals surface area (Å²) in [5.74, 6) is -0.284. The number of aromatic nitrogens is 3. The molecule has 0 fully saturated rings. The number of aliphatic hydroxyl groups is 1. The van der Waals surface area contributed by atoms with Crippen molar-refractivity contribution in [3.63, 3.8) is 0 Å². The molecule has 3 aromatic rings. The van der Waals surface area contributed by atoms with E-state index in [-0.39, 0.29) is 42.5 Å². The number of hydrogen-bond donors (Lipinski definition) is 1. The lowest BCUT2D eigenvalue weighted by Crippen LogP contribution is -2.47. The maximum Gasteiger partial charge on any atom is 0.242 e. The Labute approximate surface area is 230 Å². The van der Waals surface area contributed by atoms with Gasteiger partial charge in [0.2, 0.25) is 15.9 Å². The predicted molar refractivity (Wildman–Crippen MR) is 147 cm³/mol. The Hall–Kier alpha value is -3.12. The SMILES string of the molecule is C[C@@H]1CN([C@@H](C)CO)C(=O)CCCn2nncc2CO[C@H]1CN(C)S(=O)(=O)c1ccc(-c2ccccc2)cc1. The number of ether oxygens (including phenoxy) is 1. The molecule has 0 radical (unpaired) electrons. The number of rotatable bonds is 7. The molecule has 3 atom stereocenters. The molecule has 11 heteroatoms. The highest BCUT2D eigenvalue weighted by Gasteiger charge is 2.31. The highest BCUT2D eigenvalue weighted by molar-refractivity contribution is 7.89. The molecule has 0 bridgehead atoms.